The summed E-state index contributed by atoms with van der Waals surface area (Å²) >= 11 is 0. The summed E-state index contributed by atoms with van der Waals surface area (Å²) in [5.74, 6) is 0.0768. The Hall–Kier alpha value is -3.27. The van der Waals surface area contributed by atoms with Crippen molar-refractivity contribution in [1.29, 1.82) is 0 Å². The van der Waals surface area contributed by atoms with E-state index in [9.17, 15) is 18.0 Å². The van der Waals surface area contributed by atoms with Gasteiger partial charge in [0, 0.05) is 18.7 Å². The quantitative estimate of drug-likeness (QED) is 0.477. The van der Waals surface area contributed by atoms with Crippen molar-refractivity contribution in [2.75, 3.05) is 29.8 Å². The number of hydrogen-bond donors (Lipinski definition) is 1. The molecule has 2 aromatic carbocycles. The Kier molecular flexibility index (Phi) is 9.37. The molecule has 2 aromatic rings. The predicted octanol–water partition coefficient (Wildman–Crippen LogP) is 3.79. The van der Waals surface area contributed by atoms with Gasteiger partial charge in [-0.05, 0) is 56.9 Å². The molecule has 1 fully saturated rings. The number of carbonyl (C=O) groups excluding carboxylic acids is 2. The molecule has 1 aliphatic heterocycles. The Labute approximate surface area is 231 Å². The van der Waals surface area contributed by atoms with Crippen molar-refractivity contribution in [1.82, 2.24) is 10.2 Å². The van der Waals surface area contributed by atoms with Gasteiger partial charge >= 0.3 is 0 Å². The molecule has 2 amide bonds. The first-order valence-electron chi connectivity index (χ1n) is 13.7. The van der Waals surface area contributed by atoms with Crippen molar-refractivity contribution in [3.8, 4) is 11.5 Å². The number of rotatable bonds is 10. The number of carbonyl (C=O) groups is 2. The molecule has 4 rings (SSSR count). The number of hydrogen-bond acceptors (Lipinski definition) is 6. The molecule has 0 saturated heterocycles. The average Bonchev–Trinajstić information content (AvgIpc) is 2.95. The molecule has 212 valence electrons. The van der Waals surface area contributed by atoms with Gasteiger partial charge in [0.05, 0.1) is 11.4 Å². The Balaban J connectivity index is 1.62. The summed E-state index contributed by atoms with van der Waals surface area (Å²) in [5, 5.41) is 3.12. The fourth-order valence-corrected chi connectivity index (χ4v) is 6.08. The van der Waals surface area contributed by atoms with Gasteiger partial charge in [-0.15, -0.1) is 0 Å². The zero-order valence-electron chi connectivity index (χ0n) is 23.0. The van der Waals surface area contributed by atoms with Gasteiger partial charge < -0.3 is 19.7 Å². The van der Waals surface area contributed by atoms with Crippen molar-refractivity contribution >= 4 is 27.5 Å². The summed E-state index contributed by atoms with van der Waals surface area (Å²) in [6, 6.07) is 11.8. The maximum absolute atomic E-state index is 13.9. The topological polar surface area (TPSA) is 105 Å². The second-order valence-electron chi connectivity index (χ2n) is 10.2. The van der Waals surface area contributed by atoms with Crippen LogP contribution in [0.25, 0.3) is 0 Å². The number of amides is 2. The first kappa shape index (κ1) is 28.7. The smallest absolute Gasteiger partial charge is 0.244 e. The maximum atomic E-state index is 13.9. The van der Waals surface area contributed by atoms with Crippen LogP contribution in [0.5, 0.6) is 11.5 Å². The molecule has 10 heteroatoms. The SMILES string of the molecule is CCS(=O)(=O)N(CC(=O)N(Cc1ccccc1C)C(C)C(=O)NC1CCCCC1)c1ccc2c(c1)OCCO2. The van der Waals surface area contributed by atoms with Crippen LogP contribution in [0.3, 0.4) is 0 Å². The highest BCUT2D eigenvalue weighted by Gasteiger charge is 2.32. The van der Waals surface area contributed by atoms with Gasteiger partial charge in [0.1, 0.15) is 25.8 Å². The molecule has 2 aliphatic rings. The van der Waals surface area contributed by atoms with Gasteiger partial charge in [-0.2, -0.15) is 0 Å². The van der Waals surface area contributed by atoms with Crippen LogP contribution < -0.4 is 19.1 Å². The normalized spacial score (nSPS) is 16.3. The molecule has 1 atom stereocenters. The number of sulfonamides is 1. The number of aryl methyl sites for hydroxylation is 1. The fraction of sp³-hybridized carbons (Fsp3) is 0.517. The molecule has 1 heterocycles. The molecule has 1 saturated carbocycles. The summed E-state index contributed by atoms with van der Waals surface area (Å²) in [4.78, 5) is 28.7. The van der Waals surface area contributed by atoms with Crippen LogP contribution in [-0.4, -0.2) is 62.7 Å². The first-order valence-corrected chi connectivity index (χ1v) is 15.3. The molecule has 1 unspecified atom stereocenters. The second kappa shape index (κ2) is 12.7. The van der Waals surface area contributed by atoms with Crippen LogP contribution >= 0.6 is 0 Å². The monoisotopic (exact) mass is 557 g/mol. The lowest BCUT2D eigenvalue weighted by atomic mass is 9.95. The van der Waals surface area contributed by atoms with Crippen molar-refractivity contribution < 1.29 is 27.5 Å². The second-order valence-corrected chi connectivity index (χ2v) is 12.4. The lowest BCUT2D eigenvalue weighted by Gasteiger charge is -2.33. The molecule has 9 nitrogen and oxygen atoms in total. The van der Waals surface area contributed by atoms with Crippen LogP contribution in [0.2, 0.25) is 0 Å². The number of anilines is 1. The number of ether oxygens (including phenoxy) is 2. The summed E-state index contributed by atoms with van der Waals surface area (Å²) in [6.07, 6.45) is 5.17. The molecular formula is C29H39N3O6S. The fourth-order valence-electron chi connectivity index (χ4n) is 5.03. The molecule has 1 aliphatic carbocycles. The van der Waals surface area contributed by atoms with Crippen LogP contribution in [0.4, 0.5) is 5.69 Å². The van der Waals surface area contributed by atoms with E-state index in [1.165, 1.54) is 18.2 Å². The standard InChI is InChI=1S/C29H39N3O6S/c1-4-39(35,36)32(25-14-15-26-27(18-25)38-17-16-37-26)20-28(33)31(19-23-11-9-8-10-21(23)2)22(3)29(34)30-24-12-6-5-7-13-24/h8-11,14-15,18,22,24H,4-7,12-13,16-17,19-20H2,1-3H3,(H,30,34). The Morgan fingerprint density at radius 1 is 1.03 bits per heavy atom. The van der Waals surface area contributed by atoms with Crippen molar-refractivity contribution in [2.24, 2.45) is 0 Å². The van der Waals surface area contributed by atoms with E-state index < -0.39 is 28.5 Å². The van der Waals surface area contributed by atoms with Gasteiger partial charge in [-0.3, -0.25) is 13.9 Å². The first-order chi connectivity index (χ1) is 18.7. The lowest BCUT2D eigenvalue weighted by molar-refractivity contribution is -0.139. The number of nitrogens with one attached hydrogen (secondary N) is 1. The Bertz CT molecular complexity index is 1280. The highest BCUT2D eigenvalue weighted by atomic mass is 32.2. The van der Waals surface area contributed by atoms with Gasteiger partial charge in [-0.1, -0.05) is 43.5 Å². The van der Waals surface area contributed by atoms with E-state index >= 15 is 0 Å². The highest BCUT2D eigenvalue weighted by Crippen LogP contribution is 2.35. The van der Waals surface area contributed by atoms with E-state index in [-0.39, 0.29) is 24.2 Å². The third-order valence-electron chi connectivity index (χ3n) is 7.51. The van der Waals surface area contributed by atoms with E-state index in [4.69, 9.17) is 9.47 Å². The largest absolute Gasteiger partial charge is 0.486 e. The minimum atomic E-state index is -3.83. The Morgan fingerprint density at radius 2 is 1.72 bits per heavy atom. The number of nitrogens with zero attached hydrogens (tertiary/aromatic N) is 2. The Morgan fingerprint density at radius 3 is 2.41 bits per heavy atom. The van der Waals surface area contributed by atoms with E-state index in [0.29, 0.717) is 30.4 Å². The van der Waals surface area contributed by atoms with Crippen molar-refractivity contribution in [2.45, 2.75) is 71.5 Å². The van der Waals surface area contributed by atoms with E-state index in [0.717, 1.165) is 41.1 Å². The van der Waals surface area contributed by atoms with Crippen LogP contribution in [0.15, 0.2) is 42.5 Å². The third-order valence-corrected chi connectivity index (χ3v) is 9.26. The molecule has 0 aromatic heterocycles. The zero-order valence-corrected chi connectivity index (χ0v) is 23.8. The van der Waals surface area contributed by atoms with Gasteiger partial charge in [0.25, 0.3) is 0 Å². The summed E-state index contributed by atoms with van der Waals surface area (Å²) in [5.41, 5.74) is 2.19. The van der Waals surface area contributed by atoms with E-state index in [1.54, 1.807) is 25.1 Å². The summed E-state index contributed by atoms with van der Waals surface area (Å²) < 4.78 is 38.7. The molecule has 0 spiro atoms. The van der Waals surface area contributed by atoms with Gasteiger partial charge in [0.15, 0.2) is 11.5 Å². The van der Waals surface area contributed by atoms with Gasteiger partial charge in [-0.25, -0.2) is 8.42 Å². The average molecular weight is 558 g/mol. The van der Waals surface area contributed by atoms with E-state index in [1.807, 2.05) is 31.2 Å². The number of fused-ring (bicyclic) bond motifs is 1. The maximum Gasteiger partial charge on any atom is 0.244 e. The minimum Gasteiger partial charge on any atom is -0.486 e. The highest BCUT2D eigenvalue weighted by molar-refractivity contribution is 7.92. The zero-order chi connectivity index (χ0) is 28.0. The molecule has 0 bridgehead atoms. The molecule has 39 heavy (non-hydrogen) atoms. The molecule has 0 radical (unpaired) electrons. The van der Waals surface area contributed by atoms with Crippen LogP contribution in [0, 0.1) is 6.92 Å². The minimum absolute atomic E-state index is 0.0961. The van der Waals surface area contributed by atoms with Crippen molar-refractivity contribution in [3.63, 3.8) is 0 Å². The molecular weight excluding hydrogens is 518 g/mol. The third kappa shape index (κ3) is 7.03. The predicted molar refractivity (Wildman–Crippen MR) is 150 cm³/mol. The van der Waals surface area contributed by atoms with Crippen molar-refractivity contribution in [3.05, 3.63) is 53.6 Å². The number of benzene rings is 2. The van der Waals surface area contributed by atoms with E-state index in [2.05, 4.69) is 5.32 Å². The molecule has 1 N–H and O–H groups in total. The summed E-state index contributed by atoms with van der Waals surface area (Å²) in [6.45, 7) is 5.71. The van der Waals surface area contributed by atoms with Crippen LogP contribution in [-0.2, 0) is 26.2 Å². The van der Waals surface area contributed by atoms with Crippen LogP contribution in [0.1, 0.15) is 57.1 Å². The van der Waals surface area contributed by atoms with Gasteiger partial charge in [0.2, 0.25) is 21.8 Å². The summed E-state index contributed by atoms with van der Waals surface area (Å²) in [7, 11) is -3.83. The lowest BCUT2D eigenvalue weighted by Crippen LogP contribution is -2.53.